The molecular weight excluding hydrogens is 458 g/mol. The van der Waals surface area contributed by atoms with E-state index in [0.717, 1.165) is 61.4 Å². The summed E-state index contributed by atoms with van der Waals surface area (Å²) in [7, 11) is 0. The molecule has 190 valence electrons. The van der Waals surface area contributed by atoms with Crippen LogP contribution in [0.2, 0.25) is 0 Å². The van der Waals surface area contributed by atoms with Crippen LogP contribution in [0.3, 0.4) is 0 Å². The maximum absolute atomic E-state index is 13.5. The van der Waals surface area contributed by atoms with Crippen molar-refractivity contribution in [1.29, 1.82) is 0 Å². The zero-order valence-electron chi connectivity index (χ0n) is 21.0. The highest BCUT2D eigenvalue weighted by atomic mass is 16.5. The second-order valence-electron chi connectivity index (χ2n) is 9.20. The van der Waals surface area contributed by atoms with E-state index < -0.39 is 11.9 Å². The molecule has 0 atom stereocenters. The molecule has 1 aliphatic heterocycles. The van der Waals surface area contributed by atoms with E-state index in [1.165, 1.54) is 0 Å². The number of hydrogen-bond acceptors (Lipinski definition) is 7. The number of aromatic nitrogens is 2. The minimum atomic E-state index is -0.527. The molecule has 5 rings (SSSR count). The molecule has 2 aliphatic rings. The second kappa shape index (κ2) is 10.7. The average molecular weight is 492 g/mol. The topological polar surface area (TPSA) is 82.4 Å². The lowest BCUT2D eigenvalue weighted by Gasteiger charge is -2.28. The molecule has 0 radical (unpaired) electrons. The molecule has 1 aliphatic carbocycles. The van der Waals surface area contributed by atoms with Gasteiger partial charge in [-0.05, 0) is 38.3 Å². The summed E-state index contributed by atoms with van der Waals surface area (Å²) in [6, 6.07) is 11.9. The second-order valence-corrected chi connectivity index (χ2v) is 9.20. The number of carbonyl (C=O) groups excluding carboxylic acids is 2. The standard InChI is InChI=1S/C28H33N3O5/c1-3-35-27(32)23-24(28(33)36-4-2)26-21(19-10-6-5-7-11-19)18-22(30-14-16-34-17-15-30)29-31(26)25(23)20-12-8-9-13-20/h5-7,10-11,18,20H,3-4,8-9,12-17H2,1-2H3. The van der Waals surface area contributed by atoms with Gasteiger partial charge in [-0.25, -0.2) is 14.1 Å². The van der Waals surface area contributed by atoms with Crippen LogP contribution in [0.4, 0.5) is 5.82 Å². The van der Waals surface area contributed by atoms with E-state index in [-0.39, 0.29) is 24.7 Å². The van der Waals surface area contributed by atoms with Crippen molar-refractivity contribution < 1.29 is 23.8 Å². The largest absolute Gasteiger partial charge is 0.462 e. The summed E-state index contributed by atoms with van der Waals surface area (Å²) < 4.78 is 18.4. The summed E-state index contributed by atoms with van der Waals surface area (Å²) in [5, 5.41) is 5.07. The Bertz CT molecular complexity index is 1240. The number of carbonyl (C=O) groups is 2. The van der Waals surface area contributed by atoms with Gasteiger partial charge in [-0.2, -0.15) is 0 Å². The van der Waals surface area contributed by atoms with Crippen LogP contribution >= 0.6 is 0 Å². The number of ether oxygens (including phenoxy) is 3. The van der Waals surface area contributed by atoms with E-state index in [4.69, 9.17) is 19.3 Å². The highest BCUT2D eigenvalue weighted by Gasteiger charge is 2.37. The van der Waals surface area contributed by atoms with Crippen molar-refractivity contribution in [3.05, 3.63) is 53.2 Å². The molecule has 0 amide bonds. The highest BCUT2D eigenvalue weighted by Crippen LogP contribution is 2.42. The molecule has 0 spiro atoms. The van der Waals surface area contributed by atoms with E-state index in [1.54, 1.807) is 13.8 Å². The van der Waals surface area contributed by atoms with Crippen LogP contribution < -0.4 is 4.90 Å². The monoisotopic (exact) mass is 491 g/mol. The van der Waals surface area contributed by atoms with Gasteiger partial charge in [-0.15, -0.1) is 5.10 Å². The number of nitrogens with zero attached hydrogens (tertiary/aromatic N) is 3. The molecule has 3 aromatic rings. The molecule has 36 heavy (non-hydrogen) atoms. The summed E-state index contributed by atoms with van der Waals surface area (Å²) in [5.74, 6) is -0.124. The Morgan fingerprint density at radius 3 is 2.25 bits per heavy atom. The molecule has 1 saturated heterocycles. The first kappa shape index (κ1) is 24.3. The predicted molar refractivity (Wildman–Crippen MR) is 137 cm³/mol. The third-order valence-corrected chi connectivity index (χ3v) is 7.03. The first-order valence-corrected chi connectivity index (χ1v) is 13.0. The van der Waals surface area contributed by atoms with Crippen molar-refractivity contribution in [2.24, 2.45) is 0 Å². The predicted octanol–water partition coefficient (Wildman–Crippen LogP) is 4.85. The van der Waals surface area contributed by atoms with Gasteiger partial charge in [0.1, 0.15) is 11.4 Å². The molecule has 1 aromatic carbocycles. The van der Waals surface area contributed by atoms with Crippen molar-refractivity contribution in [2.45, 2.75) is 45.4 Å². The smallest absolute Gasteiger partial charge is 0.341 e. The van der Waals surface area contributed by atoms with Gasteiger partial charge in [0.2, 0.25) is 0 Å². The van der Waals surface area contributed by atoms with E-state index in [9.17, 15) is 9.59 Å². The lowest BCUT2D eigenvalue weighted by Crippen LogP contribution is -2.37. The number of anilines is 1. The fraction of sp³-hybridized carbons (Fsp3) is 0.464. The van der Waals surface area contributed by atoms with Crippen LogP contribution in [-0.2, 0) is 14.2 Å². The van der Waals surface area contributed by atoms with Crippen LogP contribution in [0.15, 0.2) is 36.4 Å². The van der Waals surface area contributed by atoms with Gasteiger partial charge in [-0.1, -0.05) is 43.2 Å². The summed E-state index contributed by atoms with van der Waals surface area (Å²) >= 11 is 0. The zero-order valence-corrected chi connectivity index (χ0v) is 21.0. The van der Waals surface area contributed by atoms with Crippen molar-refractivity contribution >= 4 is 23.3 Å². The van der Waals surface area contributed by atoms with Gasteiger partial charge in [0.15, 0.2) is 0 Å². The van der Waals surface area contributed by atoms with E-state index in [1.807, 2.05) is 40.9 Å². The Morgan fingerprint density at radius 2 is 1.61 bits per heavy atom. The lowest BCUT2D eigenvalue weighted by molar-refractivity contribution is 0.0480. The molecular formula is C28H33N3O5. The SMILES string of the molecule is CCOC(=O)c1c(C(=O)OCC)c2c(-c3ccccc3)cc(N3CCOCC3)nn2c1C1CCCC1. The zero-order chi connectivity index (χ0) is 25.1. The number of fused-ring (bicyclic) bond motifs is 1. The Morgan fingerprint density at radius 1 is 0.972 bits per heavy atom. The lowest BCUT2D eigenvalue weighted by atomic mass is 9.97. The summed E-state index contributed by atoms with van der Waals surface area (Å²) in [5.41, 5.74) is 3.68. The minimum absolute atomic E-state index is 0.108. The van der Waals surface area contributed by atoms with Crippen molar-refractivity contribution in [3.63, 3.8) is 0 Å². The fourth-order valence-electron chi connectivity index (χ4n) is 5.43. The van der Waals surface area contributed by atoms with Gasteiger partial charge < -0.3 is 19.1 Å². The van der Waals surface area contributed by atoms with E-state index >= 15 is 0 Å². The van der Waals surface area contributed by atoms with E-state index in [2.05, 4.69) is 4.90 Å². The Hall–Kier alpha value is -3.39. The molecule has 0 bridgehead atoms. The summed E-state index contributed by atoms with van der Waals surface area (Å²) in [6.07, 6.45) is 4.02. The number of morpholine rings is 1. The molecule has 8 nitrogen and oxygen atoms in total. The fourth-order valence-corrected chi connectivity index (χ4v) is 5.43. The van der Waals surface area contributed by atoms with Crippen LogP contribution in [0.1, 0.15) is 71.9 Å². The molecule has 2 fully saturated rings. The third-order valence-electron chi connectivity index (χ3n) is 7.03. The minimum Gasteiger partial charge on any atom is -0.462 e. The average Bonchev–Trinajstić information content (AvgIpc) is 3.55. The molecule has 8 heteroatoms. The maximum Gasteiger partial charge on any atom is 0.341 e. The molecule has 0 unspecified atom stereocenters. The van der Waals surface area contributed by atoms with E-state index in [0.29, 0.717) is 24.3 Å². The van der Waals surface area contributed by atoms with Crippen LogP contribution in [-0.4, -0.2) is 61.1 Å². The summed E-state index contributed by atoms with van der Waals surface area (Å²) in [6.45, 7) is 6.67. The number of rotatable bonds is 7. The van der Waals surface area contributed by atoms with Gasteiger partial charge in [-0.3, -0.25) is 0 Å². The molecule has 3 heterocycles. The Kier molecular flexibility index (Phi) is 7.23. The summed E-state index contributed by atoms with van der Waals surface area (Å²) in [4.78, 5) is 29.1. The first-order chi connectivity index (χ1) is 17.6. The maximum atomic E-state index is 13.5. The molecule has 2 aromatic heterocycles. The van der Waals surface area contributed by atoms with Crippen molar-refractivity contribution in [1.82, 2.24) is 9.61 Å². The van der Waals surface area contributed by atoms with Gasteiger partial charge in [0.05, 0.1) is 43.2 Å². The number of hydrogen-bond donors (Lipinski definition) is 0. The van der Waals surface area contributed by atoms with Gasteiger partial charge in [0, 0.05) is 24.6 Å². The van der Waals surface area contributed by atoms with Crippen LogP contribution in [0.5, 0.6) is 0 Å². The Labute approximate surface area is 211 Å². The highest BCUT2D eigenvalue weighted by molar-refractivity contribution is 6.12. The molecule has 1 saturated carbocycles. The number of esters is 2. The Balaban J connectivity index is 1.87. The molecule has 0 N–H and O–H groups in total. The third kappa shape index (κ3) is 4.46. The van der Waals surface area contributed by atoms with Crippen LogP contribution in [0, 0.1) is 0 Å². The van der Waals surface area contributed by atoms with Crippen molar-refractivity contribution in [3.8, 4) is 11.1 Å². The van der Waals surface area contributed by atoms with Gasteiger partial charge >= 0.3 is 11.9 Å². The van der Waals surface area contributed by atoms with Gasteiger partial charge in [0.25, 0.3) is 0 Å². The number of benzene rings is 1. The normalized spacial score (nSPS) is 16.4. The first-order valence-electron chi connectivity index (χ1n) is 13.0. The quantitative estimate of drug-likeness (QED) is 0.437. The van der Waals surface area contributed by atoms with Crippen LogP contribution in [0.25, 0.3) is 16.6 Å². The van der Waals surface area contributed by atoms with Crippen molar-refractivity contribution in [2.75, 3.05) is 44.4 Å².